The highest BCUT2D eigenvalue weighted by atomic mass is 16.2. The molecular formula is C15H27N3O2. The second-order valence-corrected chi connectivity index (χ2v) is 6.22. The van der Waals surface area contributed by atoms with Crippen molar-refractivity contribution in [3.63, 3.8) is 0 Å². The minimum Gasteiger partial charge on any atom is -0.356 e. The second-order valence-electron chi connectivity index (χ2n) is 6.22. The van der Waals surface area contributed by atoms with Crippen LogP contribution in [-0.2, 0) is 9.59 Å². The van der Waals surface area contributed by atoms with Crippen LogP contribution in [0.3, 0.4) is 0 Å². The number of hydrogen-bond donors (Lipinski definition) is 2. The maximum Gasteiger partial charge on any atom is 0.222 e. The van der Waals surface area contributed by atoms with E-state index in [0.29, 0.717) is 18.4 Å². The SMILES string of the molecule is CC(=O)NCCCC(=O)N1CCC2(CCNCC2)CC1. The Morgan fingerprint density at radius 1 is 1.15 bits per heavy atom. The fraction of sp³-hybridized carbons (Fsp3) is 0.867. The smallest absolute Gasteiger partial charge is 0.222 e. The molecule has 2 saturated heterocycles. The summed E-state index contributed by atoms with van der Waals surface area (Å²) in [6, 6.07) is 0. The van der Waals surface area contributed by atoms with Crippen molar-refractivity contribution in [2.24, 2.45) is 5.41 Å². The number of carbonyl (C=O) groups excluding carboxylic acids is 2. The van der Waals surface area contributed by atoms with E-state index < -0.39 is 0 Å². The molecule has 20 heavy (non-hydrogen) atoms. The van der Waals surface area contributed by atoms with Crippen molar-refractivity contribution in [3.8, 4) is 0 Å². The minimum atomic E-state index is -0.0247. The predicted molar refractivity (Wildman–Crippen MR) is 78.3 cm³/mol. The summed E-state index contributed by atoms with van der Waals surface area (Å²) in [6.07, 6.45) is 6.13. The molecule has 0 radical (unpaired) electrons. The fourth-order valence-electron chi connectivity index (χ4n) is 3.35. The van der Waals surface area contributed by atoms with Gasteiger partial charge in [0.25, 0.3) is 0 Å². The molecule has 0 atom stereocenters. The van der Waals surface area contributed by atoms with Crippen molar-refractivity contribution >= 4 is 11.8 Å². The van der Waals surface area contributed by atoms with Crippen LogP contribution in [0.1, 0.15) is 45.4 Å². The first-order chi connectivity index (χ1) is 9.61. The quantitative estimate of drug-likeness (QED) is 0.753. The topological polar surface area (TPSA) is 61.4 Å². The highest BCUT2D eigenvalue weighted by Gasteiger charge is 2.36. The fourth-order valence-corrected chi connectivity index (χ4v) is 3.35. The van der Waals surface area contributed by atoms with Crippen molar-refractivity contribution in [3.05, 3.63) is 0 Å². The van der Waals surface area contributed by atoms with Gasteiger partial charge < -0.3 is 15.5 Å². The summed E-state index contributed by atoms with van der Waals surface area (Å²) in [4.78, 5) is 24.9. The van der Waals surface area contributed by atoms with Gasteiger partial charge in [-0.1, -0.05) is 0 Å². The Kier molecular flexibility index (Phi) is 5.40. The average Bonchev–Trinajstić information content (AvgIpc) is 2.45. The molecule has 0 aromatic heterocycles. The third-order valence-electron chi connectivity index (χ3n) is 4.78. The zero-order valence-electron chi connectivity index (χ0n) is 12.5. The van der Waals surface area contributed by atoms with Crippen LogP contribution in [0.2, 0.25) is 0 Å². The first-order valence-electron chi connectivity index (χ1n) is 7.84. The standard InChI is InChI=1S/C15H27N3O2/c1-13(19)17-8-2-3-14(20)18-11-6-15(7-12-18)4-9-16-10-5-15/h16H,2-12H2,1H3,(H,17,19). The van der Waals surface area contributed by atoms with Crippen LogP contribution >= 0.6 is 0 Å². The molecule has 0 aromatic carbocycles. The van der Waals surface area contributed by atoms with E-state index in [1.807, 2.05) is 4.90 Å². The third kappa shape index (κ3) is 4.20. The van der Waals surface area contributed by atoms with Crippen molar-refractivity contribution < 1.29 is 9.59 Å². The maximum absolute atomic E-state index is 12.1. The van der Waals surface area contributed by atoms with Crippen LogP contribution in [0.4, 0.5) is 0 Å². The minimum absolute atomic E-state index is 0.0247. The monoisotopic (exact) mass is 281 g/mol. The lowest BCUT2D eigenvalue weighted by molar-refractivity contribution is -0.134. The zero-order chi connectivity index (χ0) is 14.4. The number of rotatable bonds is 4. The van der Waals surface area contributed by atoms with Gasteiger partial charge in [-0.25, -0.2) is 0 Å². The molecule has 2 N–H and O–H groups in total. The molecule has 2 rings (SSSR count). The normalized spacial score (nSPS) is 21.8. The van der Waals surface area contributed by atoms with Gasteiger partial charge in [-0.2, -0.15) is 0 Å². The van der Waals surface area contributed by atoms with E-state index in [1.54, 1.807) is 0 Å². The molecular weight excluding hydrogens is 254 g/mol. The molecule has 5 heteroatoms. The molecule has 2 fully saturated rings. The molecule has 0 saturated carbocycles. The second kappa shape index (κ2) is 7.07. The molecule has 1 spiro atoms. The predicted octanol–water partition coefficient (Wildman–Crippen LogP) is 0.895. The van der Waals surface area contributed by atoms with Gasteiger partial charge in [-0.15, -0.1) is 0 Å². The number of carbonyl (C=O) groups is 2. The van der Waals surface area contributed by atoms with Crippen LogP contribution < -0.4 is 10.6 Å². The molecule has 0 bridgehead atoms. The van der Waals surface area contributed by atoms with Gasteiger partial charge in [0.1, 0.15) is 0 Å². The Morgan fingerprint density at radius 3 is 2.40 bits per heavy atom. The van der Waals surface area contributed by atoms with Gasteiger partial charge in [0.05, 0.1) is 0 Å². The highest BCUT2D eigenvalue weighted by molar-refractivity contribution is 5.76. The number of nitrogens with zero attached hydrogens (tertiary/aromatic N) is 1. The molecule has 2 heterocycles. The molecule has 0 aromatic rings. The summed E-state index contributed by atoms with van der Waals surface area (Å²) >= 11 is 0. The van der Waals surface area contributed by atoms with Crippen molar-refractivity contribution in [2.75, 3.05) is 32.7 Å². The number of likely N-dealkylation sites (tertiary alicyclic amines) is 1. The first-order valence-corrected chi connectivity index (χ1v) is 7.84. The number of amides is 2. The Labute approximate surface area is 121 Å². The summed E-state index contributed by atoms with van der Waals surface area (Å²) in [5, 5.41) is 6.15. The zero-order valence-corrected chi connectivity index (χ0v) is 12.5. The van der Waals surface area contributed by atoms with E-state index in [1.165, 1.54) is 19.8 Å². The van der Waals surface area contributed by atoms with E-state index in [9.17, 15) is 9.59 Å². The van der Waals surface area contributed by atoms with Gasteiger partial charge in [0, 0.05) is 33.0 Å². The van der Waals surface area contributed by atoms with E-state index in [-0.39, 0.29) is 11.8 Å². The Hall–Kier alpha value is -1.10. The van der Waals surface area contributed by atoms with Crippen LogP contribution in [0.5, 0.6) is 0 Å². The van der Waals surface area contributed by atoms with Crippen LogP contribution in [0, 0.1) is 5.41 Å². The molecule has 5 nitrogen and oxygen atoms in total. The number of piperidine rings is 2. The lowest BCUT2D eigenvalue weighted by atomic mass is 9.71. The first kappa shape index (κ1) is 15.3. The van der Waals surface area contributed by atoms with E-state index >= 15 is 0 Å². The van der Waals surface area contributed by atoms with Gasteiger partial charge in [-0.3, -0.25) is 9.59 Å². The Bertz CT molecular complexity index is 341. The van der Waals surface area contributed by atoms with Crippen LogP contribution in [-0.4, -0.2) is 49.4 Å². The van der Waals surface area contributed by atoms with Gasteiger partial charge >= 0.3 is 0 Å². The molecule has 2 aliphatic rings. The van der Waals surface area contributed by atoms with Crippen LogP contribution in [0.25, 0.3) is 0 Å². The van der Waals surface area contributed by atoms with Crippen molar-refractivity contribution in [1.29, 1.82) is 0 Å². The van der Waals surface area contributed by atoms with E-state index in [4.69, 9.17) is 0 Å². The molecule has 2 amide bonds. The summed E-state index contributed by atoms with van der Waals surface area (Å²) < 4.78 is 0. The van der Waals surface area contributed by atoms with Gasteiger partial charge in [0.15, 0.2) is 0 Å². The molecule has 0 aliphatic carbocycles. The maximum atomic E-state index is 12.1. The Morgan fingerprint density at radius 2 is 1.80 bits per heavy atom. The largest absolute Gasteiger partial charge is 0.356 e. The molecule has 114 valence electrons. The molecule has 2 aliphatic heterocycles. The molecule has 0 unspecified atom stereocenters. The number of hydrogen-bond acceptors (Lipinski definition) is 3. The van der Waals surface area contributed by atoms with Crippen LogP contribution in [0.15, 0.2) is 0 Å². The number of nitrogens with one attached hydrogen (secondary N) is 2. The summed E-state index contributed by atoms with van der Waals surface area (Å²) in [6.45, 7) is 6.20. The Balaban J connectivity index is 1.67. The summed E-state index contributed by atoms with van der Waals surface area (Å²) in [7, 11) is 0. The van der Waals surface area contributed by atoms with Crippen molar-refractivity contribution in [2.45, 2.75) is 45.4 Å². The van der Waals surface area contributed by atoms with Crippen molar-refractivity contribution in [1.82, 2.24) is 15.5 Å². The third-order valence-corrected chi connectivity index (χ3v) is 4.78. The summed E-state index contributed by atoms with van der Waals surface area (Å²) in [5.74, 6) is 0.224. The lowest BCUT2D eigenvalue weighted by Crippen LogP contribution is -2.47. The van der Waals surface area contributed by atoms with E-state index in [2.05, 4.69) is 10.6 Å². The lowest BCUT2D eigenvalue weighted by Gasteiger charge is -2.44. The van der Waals surface area contributed by atoms with Gasteiger partial charge in [0.2, 0.25) is 11.8 Å². The van der Waals surface area contributed by atoms with Gasteiger partial charge in [-0.05, 0) is 50.6 Å². The summed E-state index contributed by atoms with van der Waals surface area (Å²) in [5.41, 5.74) is 0.498. The van der Waals surface area contributed by atoms with E-state index in [0.717, 1.165) is 45.4 Å². The highest BCUT2D eigenvalue weighted by Crippen LogP contribution is 2.39. The average molecular weight is 281 g/mol.